The van der Waals surface area contributed by atoms with Gasteiger partial charge in [-0.25, -0.2) is 0 Å². The van der Waals surface area contributed by atoms with Crippen LogP contribution in [0.15, 0.2) is 60.8 Å². The molecule has 6 N–H and O–H groups in total. The van der Waals surface area contributed by atoms with Crippen molar-refractivity contribution in [3.63, 3.8) is 0 Å². The molecule has 3 amide bonds. The lowest BCUT2D eigenvalue weighted by molar-refractivity contribution is -0.137. The Labute approximate surface area is 255 Å². The van der Waals surface area contributed by atoms with E-state index in [9.17, 15) is 27.6 Å². The van der Waals surface area contributed by atoms with E-state index in [-0.39, 0.29) is 30.6 Å². The number of amides is 3. The standard InChI is InChI=1S/C32H41F3N6O3/c1-31(2,3)14-16-41(17-15-36)28(42)13-12-25(37)29(43)40-27(18-21-8-10-23(11-9-21)32(33,34)35)30(44)39-24-19-22-6-4-5-7-26(22)38-20-24/h4-11,19-20,25,27H,12-18,36-37H2,1-3H3,(H,39,44)(H,40,43). The Morgan fingerprint density at radius 1 is 0.977 bits per heavy atom. The van der Waals surface area contributed by atoms with Gasteiger partial charge in [0.15, 0.2) is 0 Å². The third kappa shape index (κ3) is 10.6. The highest BCUT2D eigenvalue weighted by Crippen LogP contribution is 2.29. The number of nitrogens with two attached hydrogens (primary N) is 2. The van der Waals surface area contributed by atoms with Crippen LogP contribution in [0.5, 0.6) is 0 Å². The first kappa shape index (κ1) is 34.5. The molecule has 1 heterocycles. The maximum absolute atomic E-state index is 13.4. The zero-order valence-electron chi connectivity index (χ0n) is 25.3. The van der Waals surface area contributed by atoms with Gasteiger partial charge in [0.05, 0.1) is 29.0 Å². The number of nitrogens with one attached hydrogen (secondary N) is 2. The Bertz CT molecular complexity index is 1420. The number of anilines is 1. The molecule has 2 aromatic carbocycles. The minimum Gasteiger partial charge on any atom is -0.343 e. The molecule has 0 spiro atoms. The molecule has 0 bridgehead atoms. The average molecular weight is 615 g/mol. The highest BCUT2D eigenvalue weighted by Gasteiger charge is 2.31. The predicted molar refractivity (Wildman–Crippen MR) is 164 cm³/mol. The highest BCUT2D eigenvalue weighted by atomic mass is 19.4. The van der Waals surface area contributed by atoms with Gasteiger partial charge in [-0.3, -0.25) is 19.4 Å². The fourth-order valence-corrected chi connectivity index (χ4v) is 4.48. The van der Waals surface area contributed by atoms with Crippen LogP contribution in [0, 0.1) is 5.41 Å². The van der Waals surface area contributed by atoms with Gasteiger partial charge in [0, 0.05) is 37.9 Å². The van der Waals surface area contributed by atoms with Crippen LogP contribution in [0.2, 0.25) is 0 Å². The number of carbonyl (C=O) groups is 3. The number of nitrogens with zero attached hydrogens (tertiary/aromatic N) is 2. The van der Waals surface area contributed by atoms with Gasteiger partial charge in [-0.15, -0.1) is 0 Å². The Kier molecular flexibility index (Phi) is 11.8. The van der Waals surface area contributed by atoms with Gasteiger partial charge >= 0.3 is 6.18 Å². The first-order chi connectivity index (χ1) is 20.7. The number of alkyl halides is 3. The first-order valence-corrected chi connectivity index (χ1v) is 14.5. The van der Waals surface area contributed by atoms with Crippen molar-refractivity contribution in [1.82, 2.24) is 15.2 Å². The molecule has 1 aromatic heterocycles. The third-order valence-electron chi connectivity index (χ3n) is 7.10. The second-order valence-electron chi connectivity index (χ2n) is 12.0. The molecule has 3 rings (SSSR count). The smallest absolute Gasteiger partial charge is 0.343 e. The van der Waals surface area contributed by atoms with E-state index >= 15 is 0 Å². The van der Waals surface area contributed by atoms with E-state index in [1.165, 1.54) is 18.3 Å². The molecule has 12 heteroatoms. The average Bonchev–Trinajstić information content (AvgIpc) is 2.96. The van der Waals surface area contributed by atoms with Gasteiger partial charge in [0.1, 0.15) is 6.04 Å². The lowest BCUT2D eigenvalue weighted by atomic mass is 9.92. The van der Waals surface area contributed by atoms with Crippen LogP contribution in [0.4, 0.5) is 18.9 Å². The molecule has 238 valence electrons. The second kappa shape index (κ2) is 15.1. The number of para-hydroxylation sites is 1. The van der Waals surface area contributed by atoms with Crippen LogP contribution in [0.25, 0.3) is 10.9 Å². The number of benzene rings is 2. The molecule has 44 heavy (non-hydrogen) atoms. The Morgan fingerprint density at radius 3 is 2.30 bits per heavy atom. The Balaban J connectivity index is 1.71. The van der Waals surface area contributed by atoms with Crippen molar-refractivity contribution in [2.45, 2.75) is 64.7 Å². The van der Waals surface area contributed by atoms with E-state index in [0.29, 0.717) is 30.9 Å². The molecule has 9 nitrogen and oxygen atoms in total. The monoisotopic (exact) mass is 614 g/mol. The summed E-state index contributed by atoms with van der Waals surface area (Å²) in [4.78, 5) is 45.3. The van der Waals surface area contributed by atoms with E-state index in [0.717, 1.165) is 29.5 Å². The summed E-state index contributed by atoms with van der Waals surface area (Å²) >= 11 is 0. The van der Waals surface area contributed by atoms with Crippen molar-refractivity contribution in [2.75, 3.05) is 25.0 Å². The maximum atomic E-state index is 13.4. The highest BCUT2D eigenvalue weighted by molar-refractivity contribution is 5.99. The second-order valence-corrected chi connectivity index (χ2v) is 12.0. The molecule has 0 aliphatic carbocycles. The number of hydrogen-bond donors (Lipinski definition) is 4. The molecular weight excluding hydrogens is 573 g/mol. The summed E-state index contributed by atoms with van der Waals surface area (Å²) in [6.45, 7) is 7.44. The fraction of sp³-hybridized carbons (Fsp3) is 0.438. The Morgan fingerprint density at radius 2 is 1.66 bits per heavy atom. The summed E-state index contributed by atoms with van der Waals surface area (Å²) in [6, 6.07) is 11.1. The van der Waals surface area contributed by atoms with Crippen molar-refractivity contribution in [2.24, 2.45) is 16.9 Å². The van der Waals surface area contributed by atoms with Crippen molar-refractivity contribution < 1.29 is 27.6 Å². The summed E-state index contributed by atoms with van der Waals surface area (Å²) in [5, 5.41) is 6.14. The topological polar surface area (TPSA) is 143 Å². The molecule has 0 radical (unpaired) electrons. The number of rotatable bonds is 13. The van der Waals surface area contributed by atoms with Crippen molar-refractivity contribution in [3.05, 3.63) is 71.9 Å². The van der Waals surface area contributed by atoms with E-state index in [2.05, 4.69) is 36.4 Å². The van der Waals surface area contributed by atoms with Crippen LogP contribution in [-0.4, -0.2) is 59.3 Å². The molecule has 0 saturated heterocycles. The van der Waals surface area contributed by atoms with Gasteiger partial charge in [-0.05, 0) is 48.1 Å². The van der Waals surface area contributed by atoms with E-state index < -0.39 is 35.6 Å². The lowest BCUT2D eigenvalue weighted by Gasteiger charge is -2.27. The molecule has 0 saturated carbocycles. The molecular formula is C32H41F3N6O3. The van der Waals surface area contributed by atoms with E-state index in [1.54, 1.807) is 11.0 Å². The van der Waals surface area contributed by atoms with Gasteiger partial charge < -0.3 is 27.0 Å². The van der Waals surface area contributed by atoms with Gasteiger partial charge in [-0.1, -0.05) is 51.1 Å². The van der Waals surface area contributed by atoms with E-state index in [1.807, 2.05) is 24.3 Å². The first-order valence-electron chi connectivity index (χ1n) is 14.5. The molecule has 3 aromatic rings. The minimum absolute atomic E-state index is 0.0112. The van der Waals surface area contributed by atoms with Crippen molar-refractivity contribution >= 4 is 34.3 Å². The van der Waals surface area contributed by atoms with Crippen molar-refractivity contribution in [3.8, 4) is 0 Å². The number of pyridine rings is 1. The van der Waals surface area contributed by atoms with Crippen LogP contribution < -0.4 is 22.1 Å². The summed E-state index contributed by atoms with van der Waals surface area (Å²) in [5.41, 5.74) is 12.5. The van der Waals surface area contributed by atoms with Crippen LogP contribution >= 0.6 is 0 Å². The summed E-state index contributed by atoms with van der Waals surface area (Å²) in [5.74, 6) is -1.44. The molecule has 0 aliphatic rings. The number of carbonyl (C=O) groups excluding carboxylic acids is 3. The normalized spacial score (nSPS) is 13.3. The summed E-state index contributed by atoms with van der Waals surface area (Å²) in [7, 11) is 0. The minimum atomic E-state index is -4.51. The lowest BCUT2D eigenvalue weighted by Crippen LogP contribution is -2.51. The molecule has 2 atom stereocenters. The number of halogens is 3. The quantitative estimate of drug-likeness (QED) is 0.227. The molecule has 0 fully saturated rings. The van der Waals surface area contributed by atoms with Crippen LogP contribution in [0.1, 0.15) is 51.2 Å². The largest absolute Gasteiger partial charge is 0.416 e. The summed E-state index contributed by atoms with van der Waals surface area (Å²) < 4.78 is 39.2. The van der Waals surface area contributed by atoms with Gasteiger partial charge in [0.25, 0.3) is 0 Å². The van der Waals surface area contributed by atoms with Gasteiger partial charge in [-0.2, -0.15) is 13.2 Å². The van der Waals surface area contributed by atoms with Crippen LogP contribution in [-0.2, 0) is 27.0 Å². The number of aromatic nitrogens is 1. The molecule has 2 unspecified atom stereocenters. The van der Waals surface area contributed by atoms with Crippen LogP contribution in [0.3, 0.4) is 0 Å². The van der Waals surface area contributed by atoms with Gasteiger partial charge in [0.2, 0.25) is 17.7 Å². The van der Waals surface area contributed by atoms with Crippen molar-refractivity contribution in [1.29, 1.82) is 0 Å². The predicted octanol–water partition coefficient (Wildman–Crippen LogP) is 4.25. The zero-order valence-corrected chi connectivity index (χ0v) is 25.3. The number of fused-ring (bicyclic) bond motifs is 1. The molecule has 0 aliphatic heterocycles. The third-order valence-corrected chi connectivity index (χ3v) is 7.10. The van der Waals surface area contributed by atoms with E-state index in [4.69, 9.17) is 11.5 Å². The Hall–Kier alpha value is -4.03. The number of hydrogen-bond acceptors (Lipinski definition) is 6. The maximum Gasteiger partial charge on any atom is 0.416 e. The SMILES string of the molecule is CC(C)(C)CCN(CCN)C(=O)CCC(N)C(=O)NC(Cc1ccc(C(F)(F)F)cc1)C(=O)Nc1cnc2ccccc2c1. The summed E-state index contributed by atoms with van der Waals surface area (Å²) in [6.07, 6.45) is -2.31. The fourth-order valence-electron chi connectivity index (χ4n) is 4.48. The zero-order chi connectivity index (χ0) is 32.5.